The molecular weight excluding hydrogens is 356 g/mol. The fourth-order valence-electron chi connectivity index (χ4n) is 4.44. The fraction of sp³-hybridized carbons (Fsp3) is 0.611. The molecule has 9 heteroatoms. The second-order valence-corrected chi connectivity index (χ2v) is 8.19. The molecule has 1 aromatic carbocycles. The molecule has 0 radical (unpaired) electrons. The number of benzene rings is 1. The van der Waals surface area contributed by atoms with Crippen molar-refractivity contribution in [1.29, 1.82) is 0 Å². The average Bonchev–Trinajstić information content (AvgIpc) is 3.11. The third-order valence-electron chi connectivity index (χ3n) is 6.25. The normalized spacial score (nSPS) is 31.0. The molecule has 2 aliphatic carbocycles. The average molecular weight is 380 g/mol. The standard InChI is InChI=1S/C18H24N2O7/c1-17(2)13-8-15(26-4)18(3,9-14(13)17)27-16(21)10-5-11(19(22)23)7-12(6-10)20(24)25/h5-7,13-15,22-23H,8-9H2,1-4H3/q-2/t13-,14+,15-,18-/m1/s1. The lowest BCUT2D eigenvalue weighted by Gasteiger charge is -2.40. The largest absolute Gasteiger partial charge is 0.769 e. The third-order valence-corrected chi connectivity index (χ3v) is 6.25. The second-order valence-electron chi connectivity index (χ2n) is 8.19. The summed E-state index contributed by atoms with van der Waals surface area (Å²) < 4.78 is 11.3. The summed E-state index contributed by atoms with van der Waals surface area (Å²) in [7, 11) is 1.58. The van der Waals surface area contributed by atoms with E-state index in [1.807, 2.05) is 6.92 Å². The topological polar surface area (TPSA) is 129 Å². The van der Waals surface area contributed by atoms with Gasteiger partial charge in [-0.1, -0.05) is 13.8 Å². The van der Waals surface area contributed by atoms with Gasteiger partial charge in [0.05, 0.1) is 17.4 Å². The van der Waals surface area contributed by atoms with E-state index in [0.29, 0.717) is 18.3 Å². The molecule has 0 spiro atoms. The molecule has 2 aliphatic rings. The molecule has 0 unspecified atom stereocenters. The van der Waals surface area contributed by atoms with E-state index in [4.69, 9.17) is 9.47 Å². The zero-order valence-electron chi connectivity index (χ0n) is 15.7. The summed E-state index contributed by atoms with van der Waals surface area (Å²) in [4.78, 5) is 12.7. The maximum atomic E-state index is 12.7. The Morgan fingerprint density at radius 1 is 1.15 bits per heavy atom. The Hall–Kier alpha value is -1.91. The molecule has 1 aromatic rings. The summed E-state index contributed by atoms with van der Waals surface area (Å²) in [5.41, 5.74) is -1.59. The van der Waals surface area contributed by atoms with Crippen molar-refractivity contribution in [2.45, 2.75) is 45.3 Å². The first-order valence-electron chi connectivity index (χ1n) is 8.73. The van der Waals surface area contributed by atoms with Gasteiger partial charge in [0.15, 0.2) is 0 Å². The lowest BCUT2D eigenvalue weighted by Crippen LogP contribution is -2.47. The molecule has 4 atom stereocenters. The Bertz CT molecular complexity index is 710. The summed E-state index contributed by atoms with van der Waals surface area (Å²) >= 11 is 0. The number of methoxy groups -OCH3 is 1. The maximum absolute atomic E-state index is 12.7. The van der Waals surface area contributed by atoms with Crippen LogP contribution in [0.2, 0.25) is 0 Å². The van der Waals surface area contributed by atoms with E-state index in [1.54, 1.807) is 7.11 Å². The SMILES string of the molecule is CO[C@@H]1C[C@@H]2[C@H](C[C@@]1(C)OC(=O)c1cc(N([O-])[O-])cc(N(O)O)c1)C2(C)C. The molecule has 0 aromatic heterocycles. The number of rotatable bonds is 5. The number of esters is 1. The van der Waals surface area contributed by atoms with E-state index in [2.05, 4.69) is 13.8 Å². The van der Waals surface area contributed by atoms with Crippen molar-refractivity contribution in [1.82, 2.24) is 0 Å². The Morgan fingerprint density at radius 3 is 2.33 bits per heavy atom. The highest BCUT2D eigenvalue weighted by Crippen LogP contribution is 2.67. The zero-order valence-corrected chi connectivity index (χ0v) is 15.7. The number of nitrogens with zero attached hydrogens (tertiary/aromatic N) is 2. The highest BCUT2D eigenvalue weighted by molar-refractivity contribution is 5.92. The molecule has 0 heterocycles. The molecule has 3 rings (SSSR count). The van der Waals surface area contributed by atoms with Crippen molar-refractivity contribution in [3.8, 4) is 0 Å². The molecule has 0 aliphatic heterocycles. The smallest absolute Gasteiger partial charge is 0.338 e. The Morgan fingerprint density at radius 2 is 1.78 bits per heavy atom. The van der Waals surface area contributed by atoms with Gasteiger partial charge < -0.3 is 25.1 Å². The van der Waals surface area contributed by atoms with Crippen LogP contribution in [-0.4, -0.2) is 35.2 Å². The van der Waals surface area contributed by atoms with E-state index in [9.17, 15) is 25.6 Å². The van der Waals surface area contributed by atoms with Gasteiger partial charge in [-0.2, -0.15) is 0 Å². The summed E-state index contributed by atoms with van der Waals surface area (Å²) in [6.45, 7) is 6.19. The Balaban J connectivity index is 1.86. The van der Waals surface area contributed by atoms with Gasteiger partial charge in [-0.15, -0.1) is 5.23 Å². The first-order chi connectivity index (χ1) is 12.5. The molecular formula is C18H24N2O7-2. The number of ether oxygens (including phenoxy) is 2. The lowest BCUT2D eigenvalue weighted by atomic mass is 9.83. The van der Waals surface area contributed by atoms with Gasteiger partial charge in [-0.05, 0) is 55.2 Å². The number of fused-ring (bicyclic) bond motifs is 1. The van der Waals surface area contributed by atoms with E-state index in [-0.39, 0.29) is 28.0 Å². The summed E-state index contributed by atoms with van der Waals surface area (Å²) in [5, 5.41) is 39.5. The van der Waals surface area contributed by atoms with Crippen LogP contribution in [0.15, 0.2) is 18.2 Å². The predicted molar refractivity (Wildman–Crippen MR) is 96.3 cm³/mol. The third kappa shape index (κ3) is 3.48. The van der Waals surface area contributed by atoms with Crippen LogP contribution < -0.4 is 10.5 Å². The van der Waals surface area contributed by atoms with Gasteiger partial charge in [-0.25, -0.2) is 4.79 Å². The van der Waals surface area contributed by atoms with Crippen LogP contribution in [0.25, 0.3) is 0 Å². The van der Waals surface area contributed by atoms with Crippen molar-refractivity contribution >= 4 is 17.3 Å². The monoisotopic (exact) mass is 380 g/mol. The quantitative estimate of drug-likeness (QED) is 0.585. The van der Waals surface area contributed by atoms with E-state index < -0.39 is 22.5 Å². The number of hydrogen-bond acceptors (Lipinski definition) is 9. The summed E-state index contributed by atoms with van der Waals surface area (Å²) in [6.07, 6.45) is 1.14. The van der Waals surface area contributed by atoms with Gasteiger partial charge >= 0.3 is 5.97 Å². The van der Waals surface area contributed by atoms with Crippen molar-refractivity contribution in [3.63, 3.8) is 0 Å². The number of carbonyl (C=O) groups is 1. The van der Waals surface area contributed by atoms with Crippen LogP contribution in [0, 0.1) is 27.7 Å². The molecule has 0 saturated heterocycles. The molecule has 150 valence electrons. The molecule has 0 amide bonds. The summed E-state index contributed by atoms with van der Waals surface area (Å²) in [6, 6.07) is 3.11. The Kier molecular flexibility index (Phi) is 4.86. The summed E-state index contributed by atoms with van der Waals surface area (Å²) in [5.74, 6) is 0.173. The van der Waals surface area contributed by atoms with Crippen LogP contribution in [0.5, 0.6) is 0 Å². The van der Waals surface area contributed by atoms with Crippen molar-refractivity contribution in [2.24, 2.45) is 17.3 Å². The van der Waals surface area contributed by atoms with Gasteiger partial charge in [0.1, 0.15) is 5.60 Å². The van der Waals surface area contributed by atoms with Crippen LogP contribution in [-0.2, 0) is 9.47 Å². The van der Waals surface area contributed by atoms with Crippen molar-refractivity contribution in [3.05, 3.63) is 34.2 Å². The second kappa shape index (κ2) is 6.61. The van der Waals surface area contributed by atoms with Crippen LogP contribution >= 0.6 is 0 Å². The molecule has 2 N–H and O–H groups in total. The number of carbonyl (C=O) groups excluding carboxylic acids is 1. The van der Waals surface area contributed by atoms with Crippen molar-refractivity contribution < 1.29 is 24.7 Å². The zero-order chi connectivity index (χ0) is 20.1. The molecule has 2 fully saturated rings. The van der Waals surface area contributed by atoms with Gasteiger partial charge in [0.25, 0.3) is 0 Å². The van der Waals surface area contributed by atoms with Crippen LogP contribution in [0.3, 0.4) is 0 Å². The predicted octanol–water partition coefficient (Wildman–Crippen LogP) is 3.07. The number of anilines is 2. The maximum Gasteiger partial charge on any atom is 0.338 e. The molecule has 9 nitrogen and oxygen atoms in total. The molecule has 2 saturated carbocycles. The first-order valence-corrected chi connectivity index (χ1v) is 8.73. The minimum atomic E-state index is -0.871. The van der Waals surface area contributed by atoms with Crippen molar-refractivity contribution in [2.75, 3.05) is 17.6 Å². The van der Waals surface area contributed by atoms with E-state index in [1.165, 1.54) is 0 Å². The lowest BCUT2D eigenvalue weighted by molar-refractivity contribution is -0.116. The van der Waals surface area contributed by atoms with Gasteiger partial charge in [-0.3, -0.25) is 10.4 Å². The van der Waals surface area contributed by atoms with Crippen LogP contribution in [0.1, 0.15) is 44.0 Å². The highest BCUT2D eigenvalue weighted by atomic mass is 16.8. The van der Waals surface area contributed by atoms with Gasteiger partial charge in [0, 0.05) is 12.8 Å². The van der Waals surface area contributed by atoms with E-state index >= 15 is 0 Å². The molecule has 27 heavy (non-hydrogen) atoms. The molecule has 0 bridgehead atoms. The fourth-order valence-corrected chi connectivity index (χ4v) is 4.44. The first kappa shape index (κ1) is 19.8. The highest BCUT2D eigenvalue weighted by Gasteiger charge is 2.65. The van der Waals surface area contributed by atoms with E-state index in [0.717, 1.165) is 24.6 Å². The van der Waals surface area contributed by atoms with Gasteiger partial charge in [0.2, 0.25) is 0 Å². The minimum Gasteiger partial charge on any atom is -0.769 e. The Labute approximate surface area is 157 Å². The number of hydrogen-bond donors (Lipinski definition) is 2. The minimum absolute atomic E-state index is 0.138. The van der Waals surface area contributed by atoms with Crippen LogP contribution in [0.4, 0.5) is 11.4 Å².